The van der Waals surface area contributed by atoms with Crippen molar-refractivity contribution in [2.45, 2.75) is 19.9 Å². The van der Waals surface area contributed by atoms with E-state index in [4.69, 9.17) is 10.1 Å². The predicted octanol–water partition coefficient (Wildman–Crippen LogP) is 1.91. The molecule has 2 aromatic rings. The number of nitrogens with zero attached hydrogens (tertiary/aromatic N) is 3. The largest absolute Gasteiger partial charge is 0.487 e. The Labute approximate surface area is 160 Å². The number of carboxylic acid groups (broad SMARTS) is 1. The molecule has 2 N–H and O–H groups in total. The molecule has 28 heavy (non-hydrogen) atoms. The number of amidine groups is 1. The zero-order chi connectivity index (χ0) is 20.2. The lowest BCUT2D eigenvalue weighted by molar-refractivity contribution is 0.0694. The summed E-state index contributed by atoms with van der Waals surface area (Å²) in [6, 6.07) is 0.930. The van der Waals surface area contributed by atoms with E-state index < -0.39 is 17.2 Å². The summed E-state index contributed by atoms with van der Waals surface area (Å²) in [6.45, 7) is 6.04. The number of aromatic nitrogens is 1. The smallest absolute Gasteiger partial charge is 0.341 e. The Kier molecular flexibility index (Phi) is 4.24. The second-order valence-corrected chi connectivity index (χ2v) is 7.24. The van der Waals surface area contributed by atoms with Crippen LogP contribution in [0.1, 0.15) is 30.2 Å². The number of carboxylic acids is 1. The molecule has 1 atom stereocenters. The van der Waals surface area contributed by atoms with E-state index in [1.165, 1.54) is 6.20 Å². The Hall–Kier alpha value is -3.10. The Morgan fingerprint density at radius 3 is 2.61 bits per heavy atom. The molecular formula is C19H21FN4O4. The molecule has 0 unspecified atom stereocenters. The van der Waals surface area contributed by atoms with Gasteiger partial charge in [-0.2, -0.15) is 0 Å². The highest BCUT2D eigenvalue weighted by Crippen LogP contribution is 2.42. The van der Waals surface area contributed by atoms with E-state index in [-0.39, 0.29) is 35.0 Å². The number of halogens is 1. The number of pyridine rings is 1. The van der Waals surface area contributed by atoms with E-state index in [0.29, 0.717) is 37.5 Å². The quantitative estimate of drug-likeness (QED) is 0.602. The first-order chi connectivity index (χ1) is 13.3. The van der Waals surface area contributed by atoms with Crippen LogP contribution in [0, 0.1) is 11.2 Å². The maximum absolute atomic E-state index is 15.1. The molecule has 0 spiro atoms. The van der Waals surface area contributed by atoms with Crippen molar-refractivity contribution < 1.29 is 19.0 Å². The first-order valence-electron chi connectivity index (χ1n) is 9.12. The highest BCUT2D eigenvalue weighted by molar-refractivity contribution is 5.97. The van der Waals surface area contributed by atoms with E-state index in [1.807, 2.05) is 16.7 Å². The summed E-state index contributed by atoms with van der Waals surface area (Å²) in [5, 5.41) is 17.1. The number of ether oxygens (including phenoxy) is 1. The number of piperazine rings is 1. The van der Waals surface area contributed by atoms with Crippen LogP contribution < -0.4 is 15.1 Å². The van der Waals surface area contributed by atoms with Gasteiger partial charge in [-0.05, 0) is 19.9 Å². The lowest BCUT2D eigenvalue weighted by Crippen LogP contribution is -2.48. The fourth-order valence-electron chi connectivity index (χ4n) is 3.92. The number of rotatable bonds is 2. The Morgan fingerprint density at radius 1 is 1.32 bits per heavy atom. The van der Waals surface area contributed by atoms with Crippen molar-refractivity contribution in [3.05, 3.63) is 33.9 Å². The molecule has 9 heteroatoms. The molecule has 0 aliphatic carbocycles. The molecule has 0 amide bonds. The van der Waals surface area contributed by atoms with Gasteiger partial charge in [0.1, 0.15) is 17.9 Å². The van der Waals surface area contributed by atoms with Gasteiger partial charge < -0.3 is 24.2 Å². The fourth-order valence-corrected chi connectivity index (χ4v) is 3.92. The van der Waals surface area contributed by atoms with Crippen molar-refractivity contribution in [1.82, 2.24) is 9.47 Å². The van der Waals surface area contributed by atoms with Crippen LogP contribution in [0.25, 0.3) is 10.9 Å². The minimum absolute atomic E-state index is 0.0108. The lowest BCUT2D eigenvalue weighted by atomic mass is 10.1. The Morgan fingerprint density at radius 2 is 2.00 bits per heavy atom. The molecule has 1 saturated heterocycles. The molecule has 2 aliphatic heterocycles. The van der Waals surface area contributed by atoms with Crippen molar-refractivity contribution in [2.75, 3.05) is 37.7 Å². The van der Waals surface area contributed by atoms with Crippen LogP contribution in [0.3, 0.4) is 0 Å². The summed E-state index contributed by atoms with van der Waals surface area (Å²) in [7, 11) is 0. The van der Waals surface area contributed by atoms with Gasteiger partial charge >= 0.3 is 5.97 Å². The highest BCUT2D eigenvalue weighted by atomic mass is 19.1. The predicted molar refractivity (Wildman–Crippen MR) is 103 cm³/mol. The van der Waals surface area contributed by atoms with Crippen molar-refractivity contribution >= 4 is 28.4 Å². The fraction of sp³-hybridized carbons (Fsp3) is 0.421. The van der Waals surface area contributed by atoms with Gasteiger partial charge in [-0.15, -0.1) is 0 Å². The summed E-state index contributed by atoms with van der Waals surface area (Å²) >= 11 is 0. The van der Waals surface area contributed by atoms with E-state index in [9.17, 15) is 14.7 Å². The third kappa shape index (κ3) is 2.69. The Bertz CT molecular complexity index is 1060. The van der Waals surface area contributed by atoms with Gasteiger partial charge in [0.15, 0.2) is 11.6 Å². The second-order valence-electron chi connectivity index (χ2n) is 7.24. The topological polar surface area (TPSA) is 98.9 Å². The normalized spacial score (nSPS) is 18.9. The molecule has 3 heterocycles. The molecule has 0 bridgehead atoms. The summed E-state index contributed by atoms with van der Waals surface area (Å²) in [5.74, 6) is -1.19. The average Bonchev–Trinajstić information content (AvgIpc) is 2.65. The lowest BCUT2D eigenvalue weighted by Gasteiger charge is -2.38. The summed E-state index contributed by atoms with van der Waals surface area (Å²) in [6.07, 6.45) is 1.32. The molecule has 1 aromatic carbocycles. The first-order valence-corrected chi connectivity index (χ1v) is 9.12. The molecule has 0 radical (unpaired) electrons. The van der Waals surface area contributed by atoms with Gasteiger partial charge in [0, 0.05) is 32.4 Å². The van der Waals surface area contributed by atoms with Crippen molar-refractivity contribution in [3.8, 4) is 5.75 Å². The third-order valence-corrected chi connectivity index (χ3v) is 5.44. The van der Waals surface area contributed by atoms with Gasteiger partial charge in [0.2, 0.25) is 5.43 Å². The molecule has 1 fully saturated rings. The number of anilines is 1. The standard InChI is InChI=1S/C19H21FN4O4/c1-10-9-28-18-15-12(17(25)13(19(26)27)8-24(10)15)7-14(20)16(18)23-5-3-22(4-6-23)11(2)21/h7-8,10,21H,3-6,9H2,1-2H3,(H,26,27)/t10-/m0/s1. The number of hydrogen-bond acceptors (Lipinski definition) is 5. The van der Waals surface area contributed by atoms with Crippen LogP contribution in [0.2, 0.25) is 0 Å². The van der Waals surface area contributed by atoms with Crippen LogP contribution >= 0.6 is 0 Å². The maximum Gasteiger partial charge on any atom is 0.341 e. The van der Waals surface area contributed by atoms with Gasteiger partial charge in [-0.25, -0.2) is 9.18 Å². The molecule has 148 valence electrons. The molecule has 4 rings (SSSR count). The summed E-state index contributed by atoms with van der Waals surface area (Å²) in [5.41, 5.74) is -0.379. The average molecular weight is 388 g/mol. The van der Waals surface area contributed by atoms with Crippen LogP contribution in [-0.4, -0.2) is 59.2 Å². The maximum atomic E-state index is 15.1. The van der Waals surface area contributed by atoms with Crippen LogP contribution in [0.5, 0.6) is 5.75 Å². The zero-order valence-corrected chi connectivity index (χ0v) is 15.7. The number of carbonyl (C=O) groups is 1. The van der Waals surface area contributed by atoms with Gasteiger partial charge in [0.25, 0.3) is 0 Å². The SMILES string of the molecule is CC(=N)N1CCN(c2c(F)cc3c(=O)c(C(=O)O)cn4c3c2OC[C@@H]4C)CC1. The van der Waals surface area contributed by atoms with Gasteiger partial charge in [-0.3, -0.25) is 10.2 Å². The van der Waals surface area contributed by atoms with E-state index in [0.717, 1.165) is 6.07 Å². The number of benzene rings is 1. The minimum Gasteiger partial charge on any atom is -0.487 e. The van der Waals surface area contributed by atoms with Crippen molar-refractivity contribution in [2.24, 2.45) is 0 Å². The third-order valence-electron chi connectivity index (χ3n) is 5.44. The Balaban J connectivity index is 1.90. The minimum atomic E-state index is -1.33. The van der Waals surface area contributed by atoms with E-state index in [1.54, 1.807) is 11.5 Å². The monoisotopic (exact) mass is 388 g/mol. The van der Waals surface area contributed by atoms with Crippen LogP contribution in [-0.2, 0) is 0 Å². The highest BCUT2D eigenvalue weighted by Gasteiger charge is 2.31. The molecule has 8 nitrogen and oxygen atoms in total. The summed E-state index contributed by atoms with van der Waals surface area (Å²) in [4.78, 5) is 27.9. The van der Waals surface area contributed by atoms with E-state index in [2.05, 4.69) is 0 Å². The number of aromatic carboxylic acids is 1. The van der Waals surface area contributed by atoms with E-state index >= 15 is 4.39 Å². The van der Waals surface area contributed by atoms with Crippen molar-refractivity contribution in [1.29, 1.82) is 5.41 Å². The summed E-state index contributed by atoms with van der Waals surface area (Å²) < 4.78 is 22.7. The molecule has 2 aliphatic rings. The van der Waals surface area contributed by atoms with Crippen LogP contribution in [0.15, 0.2) is 17.1 Å². The van der Waals surface area contributed by atoms with Crippen LogP contribution in [0.4, 0.5) is 10.1 Å². The first kappa shape index (κ1) is 18.3. The number of hydrogen-bond donors (Lipinski definition) is 2. The number of nitrogens with one attached hydrogen (secondary N) is 1. The van der Waals surface area contributed by atoms with Crippen molar-refractivity contribution in [3.63, 3.8) is 0 Å². The molecule has 0 saturated carbocycles. The second kappa shape index (κ2) is 6.50. The van der Waals surface area contributed by atoms with Gasteiger partial charge in [-0.1, -0.05) is 0 Å². The van der Waals surface area contributed by atoms with Gasteiger partial charge in [0.05, 0.1) is 22.8 Å². The molecule has 1 aromatic heterocycles. The molecular weight excluding hydrogens is 367 g/mol. The zero-order valence-electron chi connectivity index (χ0n) is 15.7.